The summed E-state index contributed by atoms with van der Waals surface area (Å²) in [6.07, 6.45) is 11.0. The van der Waals surface area contributed by atoms with Gasteiger partial charge in [0.25, 0.3) is 0 Å². The van der Waals surface area contributed by atoms with Gasteiger partial charge in [-0.1, -0.05) is 0 Å². The zero-order valence-corrected chi connectivity index (χ0v) is 15.5. The molecule has 134 valence electrons. The predicted octanol–water partition coefficient (Wildman–Crippen LogP) is 3.23. The summed E-state index contributed by atoms with van der Waals surface area (Å²) >= 11 is 1.56. The Kier molecular flexibility index (Phi) is 4.79. The second-order valence-electron chi connectivity index (χ2n) is 6.61. The minimum Gasteiger partial charge on any atom is -0.335 e. The molecule has 0 spiro atoms. The van der Waals surface area contributed by atoms with E-state index < -0.39 is 0 Å². The first-order chi connectivity index (χ1) is 12.7. The van der Waals surface area contributed by atoms with Crippen molar-refractivity contribution in [1.29, 1.82) is 0 Å². The molecule has 0 bridgehead atoms. The van der Waals surface area contributed by atoms with Gasteiger partial charge in [0.05, 0.1) is 24.4 Å². The lowest BCUT2D eigenvalue weighted by Gasteiger charge is -2.35. The van der Waals surface area contributed by atoms with Gasteiger partial charge in [-0.25, -0.2) is 4.98 Å². The Morgan fingerprint density at radius 3 is 3.04 bits per heavy atom. The number of amides is 1. The molecule has 7 heteroatoms. The molecule has 0 N–H and O–H groups in total. The lowest BCUT2D eigenvalue weighted by atomic mass is 9.97. The monoisotopic (exact) mass is 367 g/mol. The molecule has 3 aromatic heterocycles. The number of carbonyl (C=O) groups is 1. The van der Waals surface area contributed by atoms with Gasteiger partial charge in [0.2, 0.25) is 5.91 Å². The van der Waals surface area contributed by atoms with Crippen molar-refractivity contribution >= 4 is 17.2 Å². The Morgan fingerprint density at radius 2 is 2.27 bits per heavy atom. The van der Waals surface area contributed by atoms with Gasteiger partial charge < -0.3 is 4.90 Å². The summed E-state index contributed by atoms with van der Waals surface area (Å²) in [6, 6.07) is 4.01. The summed E-state index contributed by atoms with van der Waals surface area (Å²) in [4.78, 5) is 23.7. The number of rotatable bonds is 4. The fraction of sp³-hybridized carbons (Fsp3) is 0.368. The number of hydrogen-bond acceptors (Lipinski definition) is 5. The van der Waals surface area contributed by atoms with Gasteiger partial charge in [-0.2, -0.15) is 5.10 Å². The van der Waals surface area contributed by atoms with E-state index in [0.717, 1.165) is 47.6 Å². The van der Waals surface area contributed by atoms with Crippen molar-refractivity contribution in [2.75, 3.05) is 6.54 Å². The number of aryl methyl sites for hydroxylation is 1. The summed E-state index contributed by atoms with van der Waals surface area (Å²) in [6.45, 7) is 0.804. The van der Waals surface area contributed by atoms with Crippen molar-refractivity contribution in [2.24, 2.45) is 7.05 Å². The summed E-state index contributed by atoms with van der Waals surface area (Å²) in [7, 11) is 1.91. The van der Waals surface area contributed by atoms with Crippen LogP contribution in [0.15, 0.2) is 42.3 Å². The summed E-state index contributed by atoms with van der Waals surface area (Å²) in [5.74, 6) is 0.140. The normalized spacial score (nSPS) is 17.4. The smallest absolute Gasteiger partial charge is 0.229 e. The highest BCUT2D eigenvalue weighted by Gasteiger charge is 2.29. The molecule has 1 amide bonds. The first-order valence-corrected chi connectivity index (χ1v) is 9.71. The average Bonchev–Trinajstić information content (AvgIpc) is 3.31. The minimum atomic E-state index is 0.126. The Labute approximate surface area is 156 Å². The maximum atomic E-state index is 13.0. The van der Waals surface area contributed by atoms with Crippen molar-refractivity contribution in [3.05, 3.63) is 53.6 Å². The molecule has 0 saturated carbocycles. The summed E-state index contributed by atoms with van der Waals surface area (Å²) < 4.78 is 1.80. The van der Waals surface area contributed by atoms with E-state index in [-0.39, 0.29) is 11.9 Å². The first-order valence-electron chi connectivity index (χ1n) is 8.83. The number of nitrogens with zero attached hydrogens (tertiary/aromatic N) is 5. The van der Waals surface area contributed by atoms with Crippen LogP contribution in [0.3, 0.4) is 0 Å². The van der Waals surface area contributed by atoms with E-state index in [2.05, 4.69) is 15.1 Å². The van der Waals surface area contributed by atoms with Crippen LogP contribution in [0.25, 0.3) is 10.6 Å². The van der Waals surface area contributed by atoms with Crippen molar-refractivity contribution < 1.29 is 4.79 Å². The highest BCUT2D eigenvalue weighted by molar-refractivity contribution is 7.13. The van der Waals surface area contributed by atoms with Gasteiger partial charge >= 0.3 is 0 Å². The van der Waals surface area contributed by atoms with Crippen molar-refractivity contribution in [2.45, 2.75) is 31.7 Å². The van der Waals surface area contributed by atoms with Crippen LogP contribution in [-0.2, 0) is 18.3 Å². The van der Waals surface area contributed by atoms with Gasteiger partial charge in [-0.15, -0.1) is 11.3 Å². The number of likely N-dealkylation sites (tertiary alicyclic amines) is 1. The van der Waals surface area contributed by atoms with Gasteiger partial charge in [0.15, 0.2) is 0 Å². The van der Waals surface area contributed by atoms with Gasteiger partial charge in [-0.3, -0.25) is 14.5 Å². The molecule has 1 aliphatic heterocycles. The molecule has 6 nitrogen and oxygen atoms in total. The molecular weight excluding hydrogens is 346 g/mol. The molecule has 0 radical (unpaired) electrons. The van der Waals surface area contributed by atoms with Crippen LogP contribution in [-0.4, -0.2) is 37.1 Å². The molecule has 0 aliphatic carbocycles. The quantitative estimate of drug-likeness (QED) is 0.710. The van der Waals surface area contributed by atoms with Crippen LogP contribution in [0.4, 0.5) is 0 Å². The Morgan fingerprint density at radius 1 is 1.35 bits per heavy atom. The SMILES string of the molecule is Cn1cc(C2CCCCN2C(=O)Cc2csc(-c3cccnc3)n2)cn1. The van der Waals surface area contributed by atoms with E-state index in [0.29, 0.717) is 6.42 Å². The van der Waals surface area contributed by atoms with Gasteiger partial charge in [0.1, 0.15) is 5.01 Å². The topological polar surface area (TPSA) is 63.9 Å². The van der Waals surface area contributed by atoms with E-state index >= 15 is 0 Å². The van der Waals surface area contributed by atoms with Crippen LogP contribution in [0.5, 0.6) is 0 Å². The molecule has 1 fully saturated rings. The molecule has 4 rings (SSSR count). The molecule has 26 heavy (non-hydrogen) atoms. The Bertz CT molecular complexity index is 888. The molecule has 0 aromatic carbocycles. The van der Waals surface area contributed by atoms with Crippen LogP contribution >= 0.6 is 11.3 Å². The van der Waals surface area contributed by atoms with E-state index in [1.807, 2.05) is 41.9 Å². The van der Waals surface area contributed by atoms with Crippen LogP contribution < -0.4 is 0 Å². The van der Waals surface area contributed by atoms with Gasteiger partial charge in [0, 0.05) is 48.7 Å². The Balaban J connectivity index is 1.49. The number of piperidine rings is 1. The molecule has 1 saturated heterocycles. The highest BCUT2D eigenvalue weighted by Crippen LogP contribution is 2.31. The fourth-order valence-corrected chi connectivity index (χ4v) is 4.27. The van der Waals surface area contributed by atoms with Crippen LogP contribution in [0.1, 0.15) is 36.6 Å². The van der Waals surface area contributed by atoms with E-state index in [9.17, 15) is 4.79 Å². The van der Waals surface area contributed by atoms with Crippen molar-refractivity contribution in [3.8, 4) is 10.6 Å². The predicted molar refractivity (Wildman–Crippen MR) is 101 cm³/mol. The number of carbonyl (C=O) groups excluding carboxylic acids is 1. The minimum absolute atomic E-state index is 0.126. The molecular formula is C19H21N5OS. The lowest BCUT2D eigenvalue weighted by molar-refractivity contribution is -0.134. The fourth-order valence-electron chi connectivity index (χ4n) is 3.46. The highest BCUT2D eigenvalue weighted by atomic mass is 32.1. The van der Waals surface area contributed by atoms with Crippen LogP contribution in [0, 0.1) is 0 Å². The van der Waals surface area contributed by atoms with E-state index in [4.69, 9.17) is 0 Å². The van der Waals surface area contributed by atoms with E-state index in [1.165, 1.54) is 0 Å². The third-order valence-electron chi connectivity index (χ3n) is 4.73. The maximum absolute atomic E-state index is 13.0. The van der Waals surface area contributed by atoms with Crippen LogP contribution in [0.2, 0.25) is 0 Å². The molecule has 4 heterocycles. The molecule has 1 atom stereocenters. The average molecular weight is 367 g/mol. The largest absolute Gasteiger partial charge is 0.335 e. The molecule has 1 unspecified atom stereocenters. The van der Waals surface area contributed by atoms with Crippen molar-refractivity contribution in [1.82, 2.24) is 24.6 Å². The third-order valence-corrected chi connectivity index (χ3v) is 5.67. The number of pyridine rings is 1. The summed E-state index contributed by atoms with van der Waals surface area (Å²) in [5.41, 5.74) is 2.94. The maximum Gasteiger partial charge on any atom is 0.229 e. The second kappa shape index (κ2) is 7.37. The van der Waals surface area contributed by atoms with Crippen molar-refractivity contribution in [3.63, 3.8) is 0 Å². The summed E-state index contributed by atoms with van der Waals surface area (Å²) in [5, 5.41) is 7.15. The second-order valence-corrected chi connectivity index (χ2v) is 7.47. The molecule has 3 aromatic rings. The Hall–Kier alpha value is -2.54. The van der Waals surface area contributed by atoms with E-state index in [1.54, 1.807) is 28.4 Å². The molecule has 1 aliphatic rings. The number of thiazole rings is 1. The zero-order chi connectivity index (χ0) is 17.9. The lowest BCUT2D eigenvalue weighted by Crippen LogP contribution is -2.39. The third kappa shape index (κ3) is 3.53. The zero-order valence-electron chi connectivity index (χ0n) is 14.7. The number of aromatic nitrogens is 4. The first kappa shape index (κ1) is 16.9. The standard InChI is InChI=1S/C19H21N5OS/c1-23-12-15(11-21-23)17-6-2-3-8-24(17)18(25)9-16-13-26-19(22-16)14-5-4-7-20-10-14/h4-5,7,10-13,17H,2-3,6,8-9H2,1H3. The van der Waals surface area contributed by atoms with Gasteiger partial charge in [-0.05, 0) is 31.4 Å². The number of hydrogen-bond donors (Lipinski definition) is 0.